The van der Waals surface area contributed by atoms with Crippen LogP contribution in [0.3, 0.4) is 0 Å². The monoisotopic (exact) mass is 336 g/mol. The standard InChI is InChI=1S/C13H24N2O4S2/c1-11(10-19-4)15(6-7-18-3)21(16,17)13-5-8-20-12(13)9-14-2/h5,8,11,14H,6-7,9-10H2,1-4H3. The minimum atomic E-state index is -3.56. The van der Waals surface area contributed by atoms with Crippen LogP contribution in [-0.2, 0) is 26.0 Å². The van der Waals surface area contributed by atoms with E-state index in [1.54, 1.807) is 32.7 Å². The summed E-state index contributed by atoms with van der Waals surface area (Å²) in [5, 5.41) is 4.80. The average molecular weight is 336 g/mol. The van der Waals surface area contributed by atoms with Crippen molar-refractivity contribution in [1.29, 1.82) is 0 Å². The van der Waals surface area contributed by atoms with Crippen LogP contribution in [0.4, 0.5) is 0 Å². The van der Waals surface area contributed by atoms with E-state index in [4.69, 9.17) is 9.47 Å². The van der Waals surface area contributed by atoms with Gasteiger partial charge in [-0.15, -0.1) is 11.3 Å². The van der Waals surface area contributed by atoms with Crippen molar-refractivity contribution in [3.63, 3.8) is 0 Å². The molecule has 0 saturated carbocycles. The number of hydrogen-bond donors (Lipinski definition) is 1. The van der Waals surface area contributed by atoms with Gasteiger partial charge in [-0.25, -0.2) is 8.42 Å². The molecule has 1 rings (SSSR count). The number of nitrogens with one attached hydrogen (secondary N) is 1. The molecule has 122 valence electrons. The third-order valence-electron chi connectivity index (χ3n) is 3.04. The summed E-state index contributed by atoms with van der Waals surface area (Å²) < 4.78 is 37.4. The molecule has 1 atom stereocenters. The molecule has 0 aromatic carbocycles. The second kappa shape index (κ2) is 8.82. The highest BCUT2D eigenvalue weighted by Gasteiger charge is 2.31. The quantitative estimate of drug-likeness (QED) is 0.694. The van der Waals surface area contributed by atoms with Gasteiger partial charge in [-0.2, -0.15) is 4.31 Å². The highest BCUT2D eigenvalue weighted by atomic mass is 32.2. The Morgan fingerprint density at radius 2 is 2.10 bits per heavy atom. The maximum absolute atomic E-state index is 12.9. The van der Waals surface area contributed by atoms with Crippen LogP contribution in [0.15, 0.2) is 16.3 Å². The number of rotatable bonds is 10. The van der Waals surface area contributed by atoms with Crippen LogP contribution in [0.2, 0.25) is 0 Å². The van der Waals surface area contributed by atoms with Gasteiger partial charge >= 0.3 is 0 Å². The van der Waals surface area contributed by atoms with E-state index < -0.39 is 10.0 Å². The molecule has 0 fully saturated rings. The molecule has 0 aliphatic carbocycles. The summed E-state index contributed by atoms with van der Waals surface area (Å²) >= 11 is 1.44. The molecular weight excluding hydrogens is 312 g/mol. The van der Waals surface area contributed by atoms with Gasteiger partial charge in [0.05, 0.1) is 18.1 Å². The highest BCUT2D eigenvalue weighted by Crippen LogP contribution is 2.26. The number of ether oxygens (including phenoxy) is 2. The molecule has 0 aliphatic heterocycles. The van der Waals surface area contributed by atoms with Crippen molar-refractivity contribution in [3.8, 4) is 0 Å². The smallest absolute Gasteiger partial charge is 0.244 e. The Bertz CT molecular complexity index is 516. The van der Waals surface area contributed by atoms with Crippen LogP contribution in [0.1, 0.15) is 11.8 Å². The maximum Gasteiger partial charge on any atom is 0.244 e. The topological polar surface area (TPSA) is 67.9 Å². The molecule has 0 aliphatic rings. The first-order chi connectivity index (χ1) is 9.98. The van der Waals surface area contributed by atoms with Crippen LogP contribution in [0.25, 0.3) is 0 Å². The van der Waals surface area contributed by atoms with Gasteiger partial charge in [-0.05, 0) is 25.4 Å². The lowest BCUT2D eigenvalue weighted by Gasteiger charge is -2.27. The van der Waals surface area contributed by atoms with Crippen molar-refractivity contribution >= 4 is 21.4 Å². The van der Waals surface area contributed by atoms with Gasteiger partial charge in [-0.1, -0.05) is 0 Å². The van der Waals surface area contributed by atoms with Gasteiger partial charge < -0.3 is 14.8 Å². The average Bonchev–Trinajstić information content (AvgIpc) is 2.89. The van der Waals surface area contributed by atoms with Crippen LogP contribution < -0.4 is 5.32 Å². The Balaban J connectivity index is 3.10. The van der Waals surface area contributed by atoms with E-state index in [9.17, 15) is 8.42 Å². The van der Waals surface area contributed by atoms with E-state index in [1.165, 1.54) is 15.6 Å². The molecule has 0 amide bonds. The molecule has 0 bridgehead atoms. The van der Waals surface area contributed by atoms with Crippen molar-refractivity contribution in [2.24, 2.45) is 0 Å². The SMILES string of the molecule is CNCc1sccc1S(=O)(=O)N(CCOC)C(C)COC. The summed E-state index contributed by atoms with van der Waals surface area (Å²) in [5.41, 5.74) is 0. The fraction of sp³-hybridized carbons (Fsp3) is 0.692. The summed E-state index contributed by atoms with van der Waals surface area (Å²) in [7, 11) is 1.36. The summed E-state index contributed by atoms with van der Waals surface area (Å²) in [4.78, 5) is 1.17. The van der Waals surface area contributed by atoms with Gasteiger partial charge in [0.2, 0.25) is 10.0 Å². The molecule has 1 N–H and O–H groups in total. The first kappa shape index (κ1) is 18.5. The van der Waals surface area contributed by atoms with Crippen LogP contribution in [-0.4, -0.2) is 59.8 Å². The summed E-state index contributed by atoms with van der Waals surface area (Å²) in [5.74, 6) is 0. The lowest BCUT2D eigenvalue weighted by molar-refractivity contribution is 0.119. The summed E-state index contributed by atoms with van der Waals surface area (Å²) in [6.45, 7) is 3.36. The zero-order valence-electron chi connectivity index (χ0n) is 13.0. The molecule has 1 heterocycles. The molecule has 8 heteroatoms. The second-order valence-corrected chi connectivity index (χ2v) is 7.51. The van der Waals surface area contributed by atoms with E-state index in [1.807, 2.05) is 6.92 Å². The number of thiophene rings is 1. The Labute approximate surface area is 131 Å². The molecule has 0 radical (unpaired) electrons. The number of nitrogens with zero attached hydrogens (tertiary/aromatic N) is 1. The van der Waals surface area contributed by atoms with Crippen molar-refractivity contribution in [2.45, 2.75) is 24.4 Å². The Morgan fingerprint density at radius 3 is 2.67 bits per heavy atom. The molecule has 1 aromatic heterocycles. The van der Waals surface area contributed by atoms with Crippen LogP contribution >= 0.6 is 11.3 Å². The van der Waals surface area contributed by atoms with Gasteiger partial charge in [-0.3, -0.25) is 0 Å². The molecule has 1 aromatic rings. The minimum absolute atomic E-state index is 0.252. The molecule has 0 spiro atoms. The number of methoxy groups -OCH3 is 2. The minimum Gasteiger partial charge on any atom is -0.383 e. The fourth-order valence-corrected chi connectivity index (χ4v) is 5.09. The van der Waals surface area contributed by atoms with E-state index in [0.29, 0.717) is 31.2 Å². The Kier molecular flexibility index (Phi) is 7.78. The molecule has 21 heavy (non-hydrogen) atoms. The first-order valence-corrected chi connectivity index (χ1v) is 9.01. The largest absolute Gasteiger partial charge is 0.383 e. The van der Waals surface area contributed by atoms with Crippen molar-refractivity contribution in [3.05, 3.63) is 16.3 Å². The number of hydrogen-bond acceptors (Lipinski definition) is 6. The predicted molar refractivity (Wildman–Crippen MR) is 84.2 cm³/mol. The van der Waals surface area contributed by atoms with E-state index in [2.05, 4.69) is 5.32 Å². The molecule has 1 unspecified atom stereocenters. The fourth-order valence-electron chi connectivity index (χ4n) is 2.06. The van der Waals surface area contributed by atoms with E-state index >= 15 is 0 Å². The molecule has 6 nitrogen and oxygen atoms in total. The predicted octanol–water partition coefficient (Wildman–Crippen LogP) is 1.14. The lowest BCUT2D eigenvalue weighted by Crippen LogP contribution is -2.43. The zero-order valence-corrected chi connectivity index (χ0v) is 14.6. The Hall–Kier alpha value is -0.510. The normalized spacial score (nSPS) is 13.8. The highest BCUT2D eigenvalue weighted by molar-refractivity contribution is 7.89. The van der Waals surface area contributed by atoms with Crippen molar-refractivity contribution in [1.82, 2.24) is 9.62 Å². The van der Waals surface area contributed by atoms with E-state index in [-0.39, 0.29) is 6.04 Å². The lowest BCUT2D eigenvalue weighted by atomic mass is 10.3. The van der Waals surface area contributed by atoms with Crippen LogP contribution in [0.5, 0.6) is 0 Å². The van der Waals surface area contributed by atoms with Crippen molar-refractivity contribution < 1.29 is 17.9 Å². The first-order valence-electron chi connectivity index (χ1n) is 6.69. The van der Waals surface area contributed by atoms with E-state index in [0.717, 1.165) is 4.88 Å². The maximum atomic E-state index is 12.9. The van der Waals surface area contributed by atoms with Gasteiger partial charge in [0.15, 0.2) is 0 Å². The number of sulfonamides is 1. The third kappa shape index (κ3) is 4.73. The van der Waals surface area contributed by atoms with Gasteiger partial charge in [0, 0.05) is 38.2 Å². The zero-order chi connectivity index (χ0) is 15.9. The third-order valence-corrected chi connectivity index (χ3v) is 6.19. The summed E-state index contributed by atoms with van der Waals surface area (Å²) in [6, 6.07) is 1.41. The van der Waals surface area contributed by atoms with Crippen LogP contribution in [0, 0.1) is 0 Å². The molecular formula is C13H24N2O4S2. The van der Waals surface area contributed by atoms with Gasteiger partial charge in [0.1, 0.15) is 0 Å². The van der Waals surface area contributed by atoms with Gasteiger partial charge in [0.25, 0.3) is 0 Å². The second-order valence-electron chi connectivity index (χ2n) is 4.65. The summed E-state index contributed by atoms with van der Waals surface area (Å²) in [6.07, 6.45) is 0. The van der Waals surface area contributed by atoms with Crippen molar-refractivity contribution in [2.75, 3.05) is 41.0 Å². The molecule has 0 saturated heterocycles. The Morgan fingerprint density at radius 1 is 1.38 bits per heavy atom.